The van der Waals surface area contributed by atoms with Gasteiger partial charge in [0, 0.05) is 43.4 Å². The fourth-order valence-corrected chi connectivity index (χ4v) is 3.76. The molecule has 1 saturated heterocycles. The Morgan fingerprint density at radius 2 is 2.12 bits per heavy atom. The molecule has 3 rings (SSSR count). The van der Waals surface area contributed by atoms with Crippen LogP contribution in [0.2, 0.25) is 0 Å². The zero-order chi connectivity index (χ0) is 17.3. The van der Waals surface area contributed by atoms with Crippen LogP contribution in [-0.2, 0) is 23.9 Å². The molecule has 1 atom stereocenters. The molecule has 0 unspecified atom stereocenters. The van der Waals surface area contributed by atoms with Gasteiger partial charge in [0.15, 0.2) is 5.69 Å². The first-order valence-corrected chi connectivity index (χ1v) is 8.55. The molecule has 2 aliphatic rings. The van der Waals surface area contributed by atoms with Crippen LogP contribution >= 0.6 is 0 Å². The average Bonchev–Trinajstić information content (AvgIpc) is 2.98. The third-order valence-corrected chi connectivity index (χ3v) is 5.06. The second-order valence-corrected chi connectivity index (χ2v) is 6.63. The minimum absolute atomic E-state index is 0.0297. The summed E-state index contributed by atoms with van der Waals surface area (Å²) in [6.45, 7) is 3.71. The number of H-pyrrole nitrogens is 1. The van der Waals surface area contributed by atoms with Crippen LogP contribution < -0.4 is 0 Å². The van der Waals surface area contributed by atoms with Gasteiger partial charge in [-0.1, -0.05) is 6.92 Å². The number of nitrogens with one attached hydrogen (secondary N) is 1. The van der Waals surface area contributed by atoms with Crippen LogP contribution in [0.15, 0.2) is 0 Å². The van der Waals surface area contributed by atoms with E-state index in [-0.39, 0.29) is 30.6 Å². The largest absolute Gasteiger partial charge is 0.435 e. The molecule has 0 saturated carbocycles. The highest BCUT2D eigenvalue weighted by Gasteiger charge is 2.39. The van der Waals surface area contributed by atoms with Gasteiger partial charge in [-0.2, -0.15) is 18.3 Å². The number of rotatable bonds is 3. The lowest BCUT2D eigenvalue weighted by molar-refractivity contribution is -0.142. The predicted octanol–water partition coefficient (Wildman–Crippen LogP) is 2.58. The monoisotopic (exact) mass is 344 g/mol. The Balaban J connectivity index is 1.67. The number of aromatic amines is 1. The molecule has 3 heterocycles. The van der Waals surface area contributed by atoms with Crippen LogP contribution in [0, 0.1) is 0 Å². The predicted molar refractivity (Wildman–Crippen MR) is 82.2 cm³/mol. The molecule has 1 aromatic rings. The number of alkyl halides is 3. The number of aromatic nitrogens is 2. The minimum atomic E-state index is -4.46. The van der Waals surface area contributed by atoms with E-state index in [2.05, 4.69) is 17.1 Å². The van der Waals surface area contributed by atoms with E-state index in [9.17, 15) is 18.0 Å². The number of nitrogens with zero attached hydrogens (tertiary/aromatic N) is 3. The maximum Gasteiger partial charge on any atom is 0.435 e. The van der Waals surface area contributed by atoms with Gasteiger partial charge in [-0.15, -0.1) is 0 Å². The summed E-state index contributed by atoms with van der Waals surface area (Å²) in [7, 11) is 0. The number of amides is 1. The van der Waals surface area contributed by atoms with E-state index in [1.807, 2.05) is 4.90 Å². The Labute approximate surface area is 139 Å². The lowest BCUT2D eigenvalue weighted by atomic mass is 9.99. The lowest BCUT2D eigenvalue weighted by Crippen LogP contribution is -2.48. The molecular formula is C16H23F3N4O. The van der Waals surface area contributed by atoms with Gasteiger partial charge < -0.3 is 4.90 Å². The SMILES string of the molecule is CC[C@@H]1CCCCN1C(=O)CN1CCc2[nH]nc(C(F)(F)F)c2C1. The molecule has 134 valence electrons. The van der Waals surface area contributed by atoms with Crippen molar-refractivity contribution in [3.05, 3.63) is 17.0 Å². The summed E-state index contributed by atoms with van der Waals surface area (Å²) in [6, 6.07) is 0.270. The molecule has 0 spiro atoms. The molecule has 8 heteroatoms. The molecule has 0 aromatic carbocycles. The number of hydrogen-bond donors (Lipinski definition) is 1. The van der Waals surface area contributed by atoms with E-state index >= 15 is 0 Å². The van der Waals surface area contributed by atoms with E-state index < -0.39 is 11.9 Å². The summed E-state index contributed by atoms with van der Waals surface area (Å²) in [5.41, 5.74) is -0.123. The first-order valence-electron chi connectivity index (χ1n) is 8.55. The number of piperidine rings is 1. The molecule has 0 radical (unpaired) electrons. The second kappa shape index (κ2) is 6.74. The molecule has 0 aliphatic carbocycles. The number of carbonyl (C=O) groups excluding carboxylic acids is 1. The summed E-state index contributed by atoms with van der Waals surface area (Å²) >= 11 is 0. The number of halogens is 3. The van der Waals surface area contributed by atoms with Gasteiger partial charge in [-0.3, -0.25) is 14.8 Å². The topological polar surface area (TPSA) is 52.2 Å². The normalized spacial score (nSPS) is 22.5. The van der Waals surface area contributed by atoms with Crippen LogP contribution in [-0.4, -0.2) is 51.6 Å². The Bertz CT molecular complexity index is 599. The summed E-state index contributed by atoms with van der Waals surface area (Å²) in [4.78, 5) is 16.3. The maximum atomic E-state index is 13.0. The van der Waals surface area contributed by atoms with Gasteiger partial charge in [0.25, 0.3) is 0 Å². The Morgan fingerprint density at radius 3 is 2.83 bits per heavy atom. The van der Waals surface area contributed by atoms with E-state index in [1.54, 1.807) is 4.90 Å². The summed E-state index contributed by atoms with van der Waals surface area (Å²) in [5.74, 6) is 0.0297. The van der Waals surface area contributed by atoms with E-state index in [0.717, 1.165) is 32.2 Å². The number of likely N-dealkylation sites (tertiary alicyclic amines) is 1. The Morgan fingerprint density at radius 1 is 1.33 bits per heavy atom. The Hall–Kier alpha value is -1.57. The molecule has 2 aliphatic heterocycles. The van der Waals surface area contributed by atoms with E-state index in [4.69, 9.17) is 0 Å². The van der Waals surface area contributed by atoms with E-state index in [0.29, 0.717) is 18.7 Å². The van der Waals surface area contributed by atoms with Crippen LogP contribution in [0.25, 0.3) is 0 Å². The third-order valence-electron chi connectivity index (χ3n) is 5.06. The number of hydrogen-bond acceptors (Lipinski definition) is 3. The van der Waals surface area contributed by atoms with Crippen molar-refractivity contribution in [2.75, 3.05) is 19.6 Å². The van der Waals surface area contributed by atoms with Gasteiger partial charge in [0.1, 0.15) is 0 Å². The van der Waals surface area contributed by atoms with Crippen LogP contribution in [0.3, 0.4) is 0 Å². The van der Waals surface area contributed by atoms with Gasteiger partial charge in [-0.05, 0) is 25.7 Å². The third kappa shape index (κ3) is 3.43. The average molecular weight is 344 g/mol. The minimum Gasteiger partial charge on any atom is -0.339 e. The van der Waals surface area contributed by atoms with Crippen molar-refractivity contribution in [3.63, 3.8) is 0 Å². The number of carbonyl (C=O) groups is 1. The van der Waals surface area contributed by atoms with Gasteiger partial charge in [0.2, 0.25) is 5.91 Å². The maximum absolute atomic E-state index is 13.0. The summed E-state index contributed by atoms with van der Waals surface area (Å²) < 4.78 is 39.0. The van der Waals surface area contributed by atoms with Gasteiger partial charge in [0.05, 0.1) is 6.54 Å². The zero-order valence-electron chi connectivity index (χ0n) is 13.8. The summed E-state index contributed by atoms with van der Waals surface area (Å²) in [6.07, 6.45) is 0.0913. The Kier molecular flexibility index (Phi) is 4.85. The van der Waals surface area contributed by atoms with Crippen molar-refractivity contribution < 1.29 is 18.0 Å². The van der Waals surface area contributed by atoms with Gasteiger partial charge >= 0.3 is 6.18 Å². The van der Waals surface area contributed by atoms with Crippen molar-refractivity contribution in [1.29, 1.82) is 0 Å². The second-order valence-electron chi connectivity index (χ2n) is 6.63. The molecular weight excluding hydrogens is 321 g/mol. The van der Waals surface area contributed by atoms with Crippen molar-refractivity contribution in [3.8, 4) is 0 Å². The van der Waals surface area contributed by atoms with Crippen LogP contribution in [0.5, 0.6) is 0 Å². The zero-order valence-corrected chi connectivity index (χ0v) is 13.8. The molecule has 1 amide bonds. The molecule has 1 N–H and O–H groups in total. The lowest BCUT2D eigenvalue weighted by Gasteiger charge is -2.37. The quantitative estimate of drug-likeness (QED) is 0.917. The fraction of sp³-hybridized carbons (Fsp3) is 0.750. The first kappa shape index (κ1) is 17.3. The standard InChI is InChI=1S/C16H23F3N4O/c1-2-11-5-3-4-7-23(11)14(24)10-22-8-6-13-12(9-22)15(21-20-13)16(17,18)19/h11H,2-10H2,1H3,(H,20,21)/t11-/m1/s1. The summed E-state index contributed by atoms with van der Waals surface area (Å²) in [5, 5.41) is 5.92. The molecule has 1 aromatic heterocycles. The molecule has 1 fully saturated rings. The van der Waals surface area contributed by atoms with Crippen molar-refractivity contribution in [2.24, 2.45) is 0 Å². The van der Waals surface area contributed by atoms with Crippen LogP contribution in [0.1, 0.15) is 49.6 Å². The highest BCUT2D eigenvalue weighted by atomic mass is 19.4. The highest BCUT2D eigenvalue weighted by molar-refractivity contribution is 5.78. The van der Waals surface area contributed by atoms with Crippen molar-refractivity contribution >= 4 is 5.91 Å². The van der Waals surface area contributed by atoms with E-state index in [1.165, 1.54) is 0 Å². The first-order chi connectivity index (χ1) is 11.4. The van der Waals surface area contributed by atoms with Crippen molar-refractivity contribution in [2.45, 2.75) is 57.8 Å². The number of fused-ring (bicyclic) bond motifs is 1. The fourth-order valence-electron chi connectivity index (χ4n) is 3.76. The van der Waals surface area contributed by atoms with Crippen LogP contribution in [0.4, 0.5) is 13.2 Å². The highest BCUT2D eigenvalue weighted by Crippen LogP contribution is 2.34. The molecule has 5 nitrogen and oxygen atoms in total. The molecule has 0 bridgehead atoms. The smallest absolute Gasteiger partial charge is 0.339 e. The molecule has 24 heavy (non-hydrogen) atoms. The van der Waals surface area contributed by atoms with Gasteiger partial charge in [-0.25, -0.2) is 0 Å². The van der Waals surface area contributed by atoms with Crippen molar-refractivity contribution in [1.82, 2.24) is 20.0 Å².